The van der Waals surface area contributed by atoms with Crippen LogP contribution in [0.4, 0.5) is 0 Å². The summed E-state index contributed by atoms with van der Waals surface area (Å²) < 4.78 is 0. The molecule has 3 unspecified atom stereocenters. The zero-order valence-corrected chi connectivity index (χ0v) is 13.2. The van der Waals surface area contributed by atoms with Crippen molar-refractivity contribution in [1.29, 1.82) is 0 Å². The maximum absolute atomic E-state index is 3.85. The molecule has 2 rings (SSSR count). The van der Waals surface area contributed by atoms with Gasteiger partial charge >= 0.3 is 0 Å². The van der Waals surface area contributed by atoms with Crippen molar-refractivity contribution in [2.24, 2.45) is 16.7 Å². The molecule has 0 amide bonds. The van der Waals surface area contributed by atoms with E-state index in [1.807, 2.05) is 0 Å². The summed E-state index contributed by atoms with van der Waals surface area (Å²) in [5.41, 5.74) is 1.06. The molecule has 18 heavy (non-hydrogen) atoms. The van der Waals surface area contributed by atoms with Gasteiger partial charge in [-0.1, -0.05) is 20.8 Å². The predicted octanol–water partition coefficient (Wildman–Crippen LogP) is 3.13. The summed E-state index contributed by atoms with van der Waals surface area (Å²) in [5, 5.41) is 3.85. The number of hydrogen-bond donors (Lipinski definition) is 1. The minimum Gasteiger partial charge on any atom is -0.312 e. The Morgan fingerprint density at radius 1 is 1.28 bits per heavy atom. The van der Waals surface area contributed by atoms with Gasteiger partial charge in [0, 0.05) is 25.2 Å². The molecule has 0 aliphatic heterocycles. The van der Waals surface area contributed by atoms with Crippen molar-refractivity contribution in [2.75, 3.05) is 20.1 Å². The minimum atomic E-state index is 0.522. The molecular formula is C16H32N2. The summed E-state index contributed by atoms with van der Waals surface area (Å²) in [7, 11) is 2.22. The van der Waals surface area contributed by atoms with Crippen LogP contribution >= 0.6 is 0 Å². The zero-order valence-electron chi connectivity index (χ0n) is 13.2. The molecular weight excluding hydrogens is 220 g/mol. The van der Waals surface area contributed by atoms with Crippen LogP contribution in [0.25, 0.3) is 0 Å². The summed E-state index contributed by atoms with van der Waals surface area (Å²) in [4.78, 5) is 2.42. The van der Waals surface area contributed by atoms with E-state index in [2.05, 4.69) is 51.9 Å². The number of fused-ring (bicyclic) bond motifs is 2. The van der Waals surface area contributed by atoms with Gasteiger partial charge in [0.15, 0.2) is 0 Å². The molecule has 2 saturated carbocycles. The largest absolute Gasteiger partial charge is 0.312 e. The molecule has 0 heterocycles. The average molecular weight is 252 g/mol. The van der Waals surface area contributed by atoms with Gasteiger partial charge < -0.3 is 10.2 Å². The third kappa shape index (κ3) is 2.12. The van der Waals surface area contributed by atoms with E-state index in [-0.39, 0.29) is 0 Å². The van der Waals surface area contributed by atoms with Crippen LogP contribution in [0.5, 0.6) is 0 Å². The van der Waals surface area contributed by atoms with Crippen LogP contribution in [-0.4, -0.2) is 37.1 Å². The average Bonchev–Trinajstić information content (AvgIpc) is 2.61. The van der Waals surface area contributed by atoms with Crippen molar-refractivity contribution >= 4 is 0 Å². The van der Waals surface area contributed by atoms with Crippen LogP contribution in [0.15, 0.2) is 0 Å². The number of nitrogens with one attached hydrogen (secondary N) is 1. The first-order chi connectivity index (χ1) is 8.29. The Morgan fingerprint density at radius 2 is 1.94 bits per heavy atom. The van der Waals surface area contributed by atoms with E-state index in [1.165, 1.54) is 19.3 Å². The van der Waals surface area contributed by atoms with Gasteiger partial charge in [-0.3, -0.25) is 0 Å². The molecule has 0 aromatic carbocycles. The smallest absolute Gasteiger partial charge is 0.0129 e. The summed E-state index contributed by atoms with van der Waals surface area (Å²) in [6, 6.07) is 1.39. The van der Waals surface area contributed by atoms with Gasteiger partial charge in [-0.15, -0.1) is 0 Å². The first kappa shape index (κ1) is 14.3. The highest BCUT2D eigenvalue weighted by molar-refractivity contribution is 5.12. The molecule has 2 fully saturated rings. The number of hydrogen-bond acceptors (Lipinski definition) is 2. The third-order valence-corrected chi connectivity index (χ3v) is 6.53. The predicted molar refractivity (Wildman–Crippen MR) is 78.8 cm³/mol. The van der Waals surface area contributed by atoms with Crippen LogP contribution in [0, 0.1) is 16.7 Å². The minimum absolute atomic E-state index is 0.522. The van der Waals surface area contributed by atoms with Crippen LogP contribution in [0.2, 0.25) is 0 Å². The molecule has 0 spiro atoms. The van der Waals surface area contributed by atoms with Crippen LogP contribution in [0.1, 0.15) is 53.9 Å². The quantitative estimate of drug-likeness (QED) is 0.809. The molecule has 2 bridgehead atoms. The molecule has 0 aromatic rings. The highest BCUT2D eigenvalue weighted by Crippen LogP contribution is 2.65. The van der Waals surface area contributed by atoms with Gasteiger partial charge in [0.1, 0.15) is 0 Å². The summed E-state index contributed by atoms with van der Waals surface area (Å²) in [6.45, 7) is 14.3. The fourth-order valence-corrected chi connectivity index (χ4v) is 4.19. The lowest BCUT2D eigenvalue weighted by Crippen LogP contribution is -2.46. The Morgan fingerprint density at radius 3 is 2.39 bits per heavy atom. The molecule has 2 nitrogen and oxygen atoms in total. The van der Waals surface area contributed by atoms with E-state index in [0.717, 1.165) is 25.0 Å². The first-order valence-corrected chi connectivity index (χ1v) is 7.72. The molecule has 3 atom stereocenters. The van der Waals surface area contributed by atoms with Crippen molar-refractivity contribution < 1.29 is 0 Å². The van der Waals surface area contributed by atoms with Gasteiger partial charge in [0.25, 0.3) is 0 Å². The van der Waals surface area contributed by atoms with E-state index in [1.54, 1.807) is 0 Å². The lowest BCUT2D eigenvalue weighted by atomic mass is 9.69. The fraction of sp³-hybridized carbons (Fsp3) is 1.00. The highest BCUT2D eigenvalue weighted by atomic mass is 15.1. The topological polar surface area (TPSA) is 15.3 Å². The van der Waals surface area contributed by atoms with E-state index in [4.69, 9.17) is 0 Å². The molecule has 1 N–H and O–H groups in total. The lowest BCUT2D eigenvalue weighted by molar-refractivity contribution is 0.119. The molecule has 2 aliphatic rings. The summed E-state index contributed by atoms with van der Waals surface area (Å²) in [5.74, 6) is 0.947. The molecule has 2 aliphatic carbocycles. The molecule has 106 valence electrons. The van der Waals surface area contributed by atoms with E-state index in [0.29, 0.717) is 16.9 Å². The lowest BCUT2D eigenvalue weighted by Gasteiger charge is -2.40. The normalized spacial score (nSPS) is 38.0. The molecule has 2 heteroatoms. The van der Waals surface area contributed by atoms with Gasteiger partial charge in [-0.25, -0.2) is 0 Å². The highest BCUT2D eigenvalue weighted by Gasteiger charge is 2.60. The zero-order chi connectivity index (χ0) is 13.6. The standard InChI is InChI=1S/C16H32N2/c1-12(2)18(6)10-9-17-14-11-13-7-8-16(14,5)15(13,3)4/h12-14,17H,7-11H2,1-6H3. The van der Waals surface area contributed by atoms with E-state index in [9.17, 15) is 0 Å². The Labute approximate surface area is 114 Å². The van der Waals surface area contributed by atoms with Gasteiger partial charge in [-0.2, -0.15) is 0 Å². The number of nitrogens with zero attached hydrogens (tertiary/aromatic N) is 1. The first-order valence-electron chi connectivity index (χ1n) is 7.72. The monoisotopic (exact) mass is 252 g/mol. The van der Waals surface area contributed by atoms with Gasteiger partial charge in [0.2, 0.25) is 0 Å². The molecule has 0 aromatic heterocycles. The Kier molecular flexibility index (Phi) is 3.81. The number of rotatable bonds is 5. The second-order valence-corrected chi connectivity index (χ2v) is 7.69. The van der Waals surface area contributed by atoms with Crippen molar-refractivity contribution in [3.8, 4) is 0 Å². The molecule has 0 radical (unpaired) electrons. The summed E-state index contributed by atoms with van der Waals surface area (Å²) >= 11 is 0. The maximum Gasteiger partial charge on any atom is 0.0129 e. The Hall–Kier alpha value is -0.0800. The fourth-order valence-electron chi connectivity index (χ4n) is 4.19. The van der Waals surface area contributed by atoms with E-state index < -0.39 is 0 Å². The van der Waals surface area contributed by atoms with Crippen molar-refractivity contribution in [3.05, 3.63) is 0 Å². The van der Waals surface area contributed by atoms with Crippen LogP contribution in [-0.2, 0) is 0 Å². The van der Waals surface area contributed by atoms with Gasteiger partial charge in [0.05, 0.1) is 0 Å². The maximum atomic E-state index is 3.85. The molecule has 0 saturated heterocycles. The Bertz CT molecular complexity index is 297. The van der Waals surface area contributed by atoms with Crippen molar-refractivity contribution in [1.82, 2.24) is 10.2 Å². The summed E-state index contributed by atoms with van der Waals surface area (Å²) in [6.07, 6.45) is 4.27. The SMILES string of the molecule is CC(C)N(C)CCNC1CC2CCC1(C)C2(C)C. The third-order valence-electron chi connectivity index (χ3n) is 6.53. The van der Waals surface area contributed by atoms with Crippen LogP contribution < -0.4 is 5.32 Å². The second-order valence-electron chi connectivity index (χ2n) is 7.69. The van der Waals surface area contributed by atoms with Crippen molar-refractivity contribution in [3.63, 3.8) is 0 Å². The van der Waals surface area contributed by atoms with E-state index >= 15 is 0 Å². The second kappa shape index (κ2) is 4.79. The Balaban J connectivity index is 1.86. The number of likely N-dealkylation sites (N-methyl/N-ethyl adjacent to an activating group) is 1. The van der Waals surface area contributed by atoms with Crippen LogP contribution in [0.3, 0.4) is 0 Å². The van der Waals surface area contributed by atoms with Gasteiger partial charge in [-0.05, 0) is 56.9 Å². The van der Waals surface area contributed by atoms with Crippen molar-refractivity contribution in [2.45, 2.75) is 66.0 Å².